The van der Waals surface area contributed by atoms with Gasteiger partial charge >= 0.3 is 0 Å². The zero-order valence-electron chi connectivity index (χ0n) is 18.3. The van der Waals surface area contributed by atoms with Crippen molar-refractivity contribution in [3.63, 3.8) is 0 Å². The molecular formula is C25H30FN3O2S. The molecule has 0 radical (unpaired) electrons. The number of nitrogens with zero attached hydrogens (tertiary/aromatic N) is 2. The molecule has 2 fully saturated rings. The lowest BCUT2D eigenvalue weighted by Crippen LogP contribution is -2.40. The van der Waals surface area contributed by atoms with Gasteiger partial charge in [-0.05, 0) is 87.1 Å². The van der Waals surface area contributed by atoms with Gasteiger partial charge in [0.25, 0.3) is 5.91 Å². The fourth-order valence-electron chi connectivity index (χ4n) is 4.75. The Balaban J connectivity index is 1.13. The summed E-state index contributed by atoms with van der Waals surface area (Å²) in [7, 11) is 0. The van der Waals surface area contributed by atoms with Gasteiger partial charge in [0.05, 0.1) is 10.4 Å². The first-order chi connectivity index (χ1) is 15.6. The molecule has 32 heavy (non-hydrogen) atoms. The summed E-state index contributed by atoms with van der Waals surface area (Å²) < 4.78 is 19.3. The number of nitriles is 1. The molecule has 5 nitrogen and oxygen atoms in total. The monoisotopic (exact) mass is 455 g/mol. The van der Waals surface area contributed by atoms with Crippen LogP contribution >= 0.6 is 11.3 Å². The molecule has 0 bridgehead atoms. The summed E-state index contributed by atoms with van der Waals surface area (Å²) in [6.07, 6.45) is 7.60. The Morgan fingerprint density at radius 1 is 1.19 bits per heavy atom. The highest BCUT2D eigenvalue weighted by Gasteiger charge is 2.25. The molecule has 1 aliphatic carbocycles. The summed E-state index contributed by atoms with van der Waals surface area (Å²) in [6.45, 7) is 3.07. The van der Waals surface area contributed by atoms with E-state index in [1.165, 1.54) is 42.7 Å². The lowest BCUT2D eigenvalue weighted by Gasteiger charge is -2.34. The van der Waals surface area contributed by atoms with Crippen molar-refractivity contribution >= 4 is 17.2 Å². The van der Waals surface area contributed by atoms with Crippen molar-refractivity contribution in [2.24, 2.45) is 5.92 Å². The average molecular weight is 456 g/mol. The molecule has 0 unspecified atom stereocenters. The summed E-state index contributed by atoms with van der Waals surface area (Å²) >= 11 is 1.49. The molecule has 0 spiro atoms. The number of piperidine rings is 1. The lowest BCUT2D eigenvalue weighted by molar-refractivity contribution is 0.0899. The largest absolute Gasteiger partial charge is 0.489 e. The molecule has 4 rings (SSSR count). The van der Waals surface area contributed by atoms with Gasteiger partial charge in [-0.1, -0.05) is 6.07 Å². The fraction of sp³-hybridized carbons (Fsp3) is 0.520. The number of ether oxygens (including phenoxy) is 1. The van der Waals surface area contributed by atoms with Gasteiger partial charge in [0.2, 0.25) is 0 Å². The molecule has 1 aromatic carbocycles. The summed E-state index contributed by atoms with van der Waals surface area (Å²) in [5, 5.41) is 14.3. The first-order valence-corrected chi connectivity index (χ1v) is 12.4. The Bertz CT molecular complexity index is 927. The highest BCUT2D eigenvalue weighted by atomic mass is 32.1. The van der Waals surface area contributed by atoms with Gasteiger partial charge in [0, 0.05) is 19.1 Å². The highest BCUT2D eigenvalue weighted by Crippen LogP contribution is 2.28. The fourth-order valence-corrected chi connectivity index (χ4v) is 5.37. The third-order valence-corrected chi connectivity index (χ3v) is 7.54. The zero-order valence-corrected chi connectivity index (χ0v) is 19.1. The van der Waals surface area contributed by atoms with Gasteiger partial charge in [0.15, 0.2) is 0 Å². The molecule has 1 aromatic heterocycles. The third-order valence-electron chi connectivity index (χ3n) is 6.67. The number of amides is 1. The Kier molecular flexibility index (Phi) is 7.77. The minimum Gasteiger partial charge on any atom is -0.489 e. The molecule has 1 N–H and O–H groups in total. The van der Waals surface area contributed by atoms with Crippen LogP contribution in [0.5, 0.6) is 5.75 Å². The van der Waals surface area contributed by atoms with Crippen molar-refractivity contribution in [1.29, 1.82) is 5.26 Å². The Labute approximate surface area is 193 Å². The van der Waals surface area contributed by atoms with E-state index in [0.29, 0.717) is 11.8 Å². The predicted octanol–water partition coefficient (Wildman–Crippen LogP) is 4.98. The molecule has 1 amide bonds. The van der Waals surface area contributed by atoms with Gasteiger partial charge in [-0.15, -0.1) is 11.3 Å². The molecule has 1 aliphatic heterocycles. The van der Waals surface area contributed by atoms with Crippen LogP contribution in [0.2, 0.25) is 0 Å². The van der Waals surface area contributed by atoms with Crippen molar-refractivity contribution in [1.82, 2.24) is 10.2 Å². The van der Waals surface area contributed by atoms with E-state index >= 15 is 0 Å². The van der Waals surface area contributed by atoms with Gasteiger partial charge in [-0.3, -0.25) is 4.79 Å². The molecule has 1 saturated carbocycles. The van der Waals surface area contributed by atoms with E-state index in [2.05, 4.69) is 10.2 Å². The Hall–Kier alpha value is -2.43. The SMILES string of the molecule is N#Cc1cc(F)ccc1OC1CCN(CC[C@H]2CC[C@H](NC(=O)c3cccs3)CC2)CC1. The first-order valence-electron chi connectivity index (χ1n) is 11.5. The van der Waals surface area contributed by atoms with E-state index < -0.39 is 5.82 Å². The van der Waals surface area contributed by atoms with Crippen LogP contribution < -0.4 is 10.1 Å². The number of hydrogen-bond donors (Lipinski definition) is 1. The normalized spacial score (nSPS) is 22.2. The molecule has 2 aromatic rings. The van der Waals surface area contributed by atoms with Crippen molar-refractivity contribution < 1.29 is 13.9 Å². The number of benzene rings is 1. The molecule has 170 valence electrons. The Morgan fingerprint density at radius 3 is 2.66 bits per heavy atom. The maximum atomic E-state index is 13.3. The van der Waals surface area contributed by atoms with Crippen molar-refractivity contribution in [2.75, 3.05) is 19.6 Å². The van der Waals surface area contributed by atoms with E-state index in [-0.39, 0.29) is 17.6 Å². The first kappa shape index (κ1) is 22.8. The van der Waals surface area contributed by atoms with Crippen LogP contribution in [0.15, 0.2) is 35.7 Å². The number of carbonyl (C=O) groups is 1. The summed E-state index contributed by atoms with van der Waals surface area (Å²) in [5.74, 6) is 0.866. The second kappa shape index (κ2) is 10.9. The van der Waals surface area contributed by atoms with Crippen molar-refractivity contribution in [2.45, 2.75) is 57.1 Å². The Morgan fingerprint density at radius 2 is 1.97 bits per heavy atom. The maximum absolute atomic E-state index is 13.3. The van der Waals surface area contributed by atoms with Crippen LogP contribution in [0.1, 0.15) is 60.2 Å². The standard InChI is InChI=1S/C25H30FN3O2S/c26-20-5-8-23(19(16-20)17-27)31-22-10-13-29(14-11-22)12-9-18-3-6-21(7-4-18)28-25(30)24-2-1-15-32-24/h1-2,5,8,15-16,18,21-22H,3-4,6-7,9-14H2,(H,28,30)/t18-,21-. The van der Waals surface area contributed by atoms with E-state index in [1.807, 2.05) is 23.6 Å². The number of rotatable bonds is 7. The van der Waals surface area contributed by atoms with Crippen LogP contribution in [0.4, 0.5) is 4.39 Å². The molecule has 7 heteroatoms. The number of hydrogen-bond acceptors (Lipinski definition) is 5. The van der Waals surface area contributed by atoms with Crippen LogP contribution in [0.3, 0.4) is 0 Å². The smallest absolute Gasteiger partial charge is 0.261 e. The summed E-state index contributed by atoms with van der Waals surface area (Å²) in [6, 6.07) is 10.2. The quantitative estimate of drug-likeness (QED) is 0.639. The summed E-state index contributed by atoms with van der Waals surface area (Å²) in [5.41, 5.74) is 0.259. The lowest BCUT2D eigenvalue weighted by atomic mass is 9.84. The van der Waals surface area contributed by atoms with Gasteiger partial charge in [-0.25, -0.2) is 4.39 Å². The molecular weight excluding hydrogens is 425 g/mol. The van der Waals surface area contributed by atoms with E-state index in [9.17, 15) is 14.4 Å². The zero-order chi connectivity index (χ0) is 22.3. The number of likely N-dealkylation sites (tertiary alicyclic amines) is 1. The highest BCUT2D eigenvalue weighted by molar-refractivity contribution is 7.12. The molecule has 2 aliphatic rings. The van der Waals surface area contributed by atoms with Crippen molar-refractivity contribution in [3.8, 4) is 11.8 Å². The van der Waals surface area contributed by atoms with Crippen LogP contribution in [-0.4, -0.2) is 42.6 Å². The minimum atomic E-state index is -0.414. The van der Waals surface area contributed by atoms with Crippen LogP contribution in [0, 0.1) is 23.1 Å². The molecule has 2 heterocycles. The minimum absolute atomic E-state index is 0.0658. The number of nitrogens with one attached hydrogen (secondary N) is 1. The second-order valence-corrected chi connectivity index (χ2v) is 9.82. The number of carbonyl (C=O) groups excluding carboxylic acids is 1. The van der Waals surface area contributed by atoms with Crippen molar-refractivity contribution in [3.05, 3.63) is 52.0 Å². The molecule has 1 saturated heterocycles. The number of halogens is 1. The topological polar surface area (TPSA) is 65.4 Å². The van der Waals surface area contributed by atoms with Crippen LogP contribution in [-0.2, 0) is 0 Å². The van der Waals surface area contributed by atoms with Gasteiger partial charge in [0.1, 0.15) is 23.7 Å². The summed E-state index contributed by atoms with van der Waals surface area (Å²) in [4.78, 5) is 15.5. The third kappa shape index (κ3) is 6.08. The van der Waals surface area contributed by atoms with Gasteiger partial charge < -0.3 is 15.0 Å². The second-order valence-electron chi connectivity index (χ2n) is 8.87. The van der Waals surface area contributed by atoms with E-state index in [1.54, 1.807) is 6.07 Å². The number of thiophene rings is 1. The van der Waals surface area contributed by atoms with E-state index in [4.69, 9.17) is 4.74 Å². The maximum Gasteiger partial charge on any atom is 0.261 e. The predicted molar refractivity (Wildman–Crippen MR) is 123 cm³/mol. The molecule has 0 atom stereocenters. The average Bonchev–Trinajstić information content (AvgIpc) is 3.36. The van der Waals surface area contributed by atoms with Crippen LogP contribution in [0.25, 0.3) is 0 Å². The van der Waals surface area contributed by atoms with E-state index in [0.717, 1.165) is 56.1 Å². The van der Waals surface area contributed by atoms with Gasteiger partial charge in [-0.2, -0.15) is 5.26 Å².